The number of rotatable bonds is 5. The van der Waals surface area contributed by atoms with E-state index in [0.29, 0.717) is 12.8 Å². The third-order valence-corrected chi connectivity index (χ3v) is 5.48. The van der Waals surface area contributed by atoms with Crippen LogP contribution in [0.5, 0.6) is 11.5 Å². The van der Waals surface area contributed by atoms with Gasteiger partial charge in [0.2, 0.25) is 5.91 Å². The molecule has 142 valence electrons. The number of para-hydroxylation sites is 1. The molecular formula is C22H26N2O3. The number of piperazine rings is 1. The molecule has 0 aliphatic carbocycles. The number of fused-ring (bicyclic) bond motifs is 1. The van der Waals surface area contributed by atoms with Crippen molar-refractivity contribution in [1.29, 1.82) is 0 Å². The maximum Gasteiger partial charge on any atom is 0.222 e. The molecule has 2 heterocycles. The lowest BCUT2D eigenvalue weighted by Gasteiger charge is -2.35. The molecule has 1 fully saturated rings. The number of nitrogens with zero attached hydrogens (tertiary/aromatic N) is 2. The fourth-order valence-corrected chi connectivity index (χ4v) is 3.87. The van der Waals surface area contributed by atoms with E-state index in [-0.39, 0.29) is 11.7 Å². The summed E-state index contributed by atoms with van der Waals surface area (Å²) in [5.41, 5.74) is 3.47. The van der Waals surface area contributed by atoms with Gasteiger partial charge in [-0.15, -0.1) is 0 Å². The van der Waals surface area contributed by atoms with E-state index in [2.05, 4.69) is 23.1 Å². The topological polar surface area (TPSA) is 53.0 Å². The first-order valence-corrected chi connectivity index (χ1v) is 9.70. The summed E-state index contributed by atoms with van der Waals surface area (Å²) in [5, 5.41) is 9.83. The summed E-state index contributed by atoms with van der Waals surface area (Å²) in [6.45, 7) is 5.06. The van der Waals surface area contributed by atoms with Gasteiger partial charge >= 0.3 is 0 Å². The Morgan fingerprint density at radius 2 is 1.89 bits per heavy atom. The number of amides is 1. The lowest BCUT2D eigenvalue weighted by atomic mass is 10.1. The van der Waals surface area contributed by atoms with Gasteiger partial charge in [-0.1, -0.05) is 30.3 Å². The monoisotopic (exact) mass is 366 g/mol. The van der Waals surface area contributed by atoms with Crippen molar-refractivity contribution >= 4 is 5.91 Å². The number of aryl methyl sites for hydroxylation is 1. The molecule has 2 aliphatic rings. The fourth-order valence-electron chi connectivity index (χ4n) is 3.87. The van der Waals surface area contributed by atoms with Crippen molar-refractivity contribution < 1.29 is 14.6 Å². The zero-order chi connectivity index (χ0) is 18.6. The SMILES string of the molecule is O=C(CCc1ccccc1O)N1CCN(Cc2ccc3c(c2)CCO3)CC1. The number of aromatic hydroxyl groups is 1. The molecule has 1 saturated heterocycles. The number of ether oxygens (including phenoxy) is 1. The van der Waals surface area contributed by atoms with Crippen molar-refractivity contribution in [1.82, 2.24) is 9.80 Å². The quantitative estimate of drug-likeness (QED) is 0.884. The maximum atomic E-state index is 12.5. The normalized spacial score (nSPS) is 16.8. The molecule has 0 aromatic heterocycles. The van der Waals surface area contributed by atoms with Crippen molar-refractivity contribution in [3.05, 3.63) is 59.2 Å². The number of hydrogen-bond acceptors (Lipinski definition) is 4. The molecule has 2 aromatic carbocycles. The van der Waals surface area contributed by atoms with Crippen molar-refractivity contribution in [2.24, 2.45) is 0 Å². The van der Waals surface area contributed by atoms with Gasteiger partial charge in [-0.3, -0.25) is 9.69 Å². The lowest BCUT2D eigenvalue weighted by Crippen LogP contribution is -2.48. The van der Waals surface area contributed by atoms with E-state index in [1.54, 1.807) is 12.1 Å². The van der Waals surface area contributed by atoms with E-state index in [1.807, 2.05) is 17.0 Å². The highest BCUT2D eigenvalue weighted by atomic mass is 16.5. The average molecular weight is 366 g/mol. The summed E-state index contributed by atoms with van der Waals surface area (Å²) in [7, 11) is 0. The van der Waals surface area contributed by atoms with Gasteiger partial charge in [0.1, 0.15) is 11.5 Å². The van der Waals surface area contributed by atoms with E-state index in [0.717, 1.165) is 57.1 Å². The molecule has 2 aromatic rings. The van der Waals surface area contributed by atoms with Gasteiger partial charge in [-0.2, -0.15) is 0 Å². The van der Waals surface area contributed by atoms with Crippen LogP contribution < -0.4 is 4.74 Å². The van der Waals surface area contributed by atoms with Crippen LogP contribution in [0.15, 0.2) is 42.5 Å². The summed E-state index contributed by atoms with van der Waals surface area (Å²) in [5.74, 6) is 1.47. The Morgan fingerprint density at radius 1 is 1.07 bits per heavy atom. The first-order chi connectivity index (χ1) is 13.2. The Morgan fingerprint density at radius 3 is 2.70 bits per heavy atom. The standard InChI is InChI=1S/C22H26N2O3/c25-20-4-2-1-3-18(20)6-8-22(26)24-12-10-23(11-13-24)16-17-5-7-21-19(15-17)9-14-27-21/h1-5,7,15,25H,6,8-14,16H2. The van der Waals surface area contributed by atoms with E-state index >= 15 is 0 Å². The Balaban J connectivity index is 1.25. The highest BCUT2D eigenvalue weighted by Gasteiger charge is 2.21. The van der Waals surface area contributed by atoms with Gasteiger partial charge in [-0.25, -0.2) is 0 Å². The molecule has 1 N–H and O–H groups in total. The van der Waals surface area contributed by atoms with Crippen LogP contribution in [0.4, 0.5) is 0 Å². The third kappa shape index (κ3) is 4.25. The number of hydrogen-bond donors (Lipinski definition) is 1. The minimum atomic E-state index is 0.174. The van der Waals surface area contributed by atoms with Gasteiger partial charge < -0.3 is 14.7 Å². The lowest BCUT2D eigenvalue weighted by molar-refractivity contribution is -0.133. The second-order valence-electron chi connectivity index (χ2n) is 7.33. The Bertz CT molecular complexity index is 813. The van der Waals surface area contributed by atoms with Crippen molar-refractivity contribution in [3.63, 3.8) is 0 Å². The molecule has 0 unspecified atom stereocenters. The predicted octanol–water partition coefficient (Wildman–Crippen LogP) is 2.60. The van der Waals surface area contributed by atoms with Gasteiger partial charge in [-0.05, 0) is 35.2 Å². The van der Waals surface area contributed by atoms with E-state index in [4.69, 9.17) is 4.74 Å². The van der Waals surface area contributed by atoms with Crippen LogP contribution in [0.1, 0.15) is 23.1 Å². The van der Waals surface area contributed by atoms with Crippen molar-refractivity contribution in [2.75, 3.05) is 32.8 Å². The Hall–Kier alpha value is -2.53. The van der Waals surface area contributed by atoms with Crippen LogP contribution >= 0.6 is 0 Å². The molecule has 5 nitrogen and oxygen atoms in total. The molecule has 1 amide bonds. The number of carbonyl (C=O) groups is 1. The van der Waals surface area contributed by atoms with E-state index in [9.17, 15) is 9.90 Å². The van der Waals surface area contributed by atoms with Crippen molar-refractivity contribution in [3.8, 4) is 11.5 Å². The van der Waals surface area contributed by atoms with Gasteiger partial charge in [0.05, 0.1) is 6.61 Å². The summed E-state index contributed by atoms with van der Waals surface area (Å²) in [6, 6.07) is 13.7. The molecule has 2 aliphatic heterocycles. The molecule has 5 heteroatoms. The smallest absolute Gasteiger partial charge is 0.222 e. The number of phenols is 1. The summed E-state index contributed by atoms with van der Waals surface area (Å²) in [4.78, 5) is 16.8. The van der Waals surface area contributed by atoms with Crippen molar-refractivity contribution in [2.45, 2.75) is 25.8 Å². The van der Waals surface area contributed by atoms with E-state index < -0.39 is 0 Å². The maximum absolute atomic E-state index is 12.5. The molecule has 0 saturated carbocycles. The molecule has 0 radical (unpaired) electrons. The molecule has 0 spiro atoms. The zero-order valence-corrected chi connectivity index (χ0v) is 15.6. The van der Waals surface area contributed by atoms with Gasteiger partial charge in [0, 0.05) is 45.6 Å². The second-order valence-corrected chi connectivity index (χ2v) is 7.33. The third-order valence-electron chi connectivity index (χ3n) is 5.48. The van der Waals surface area contributed by atoms with Gasteiger partial charge in [0.25, 0.3) is 0 Å². The molecule has 0 atom stereocenters. The predicted molar refractivity (Wildman–Crippen MR) is 104 cm³/mol. The van der Waals surface area contributed by atoms with Crippen LogP contribution in [-0.4, -0.2) is 53.6 Å². The Kier molecular flexibility index (Phi) is 5.30. The summed E-state index contributed by atoms with van der Waals surface area (Å²) < 4.78 is 5.57. The van der Waals surface area contributed by atoms with Crippen LogP contribution in [0.25, 0.3) is 0 Å². The first-order valence-electron chi connectivity index (χ1n) is 9.70. The molecular weight excluding hydrogens is 340 g/mol. The summed E-state index contributed by atoms with van der Waals surface area (Å²) >= 11 is 0. The number of carbonyl (C=O) groups excluding carboxylic acids is 1. The van der Waals surface area contributed by atoms with E-state index in [1.165, 1.54) is 11.1 Å². The largest absolute Gasteiger partial charge is 0.508 e. The summed E-state index contributed by atoms with van der Waals surface area (Å²) in [6.07, 6.45) is 2.04. The van der Waals surface area contributed by atoms with Gasteiger partial charge in [0.15, 0.2) is 0 Å². The minimum absolute atomic E-state index is 0.174. The fraction of sp³-hybridized carbons (Fsp3) is 0.409. The highest BCUT2D eigenvalue weighted by Crippen LogP contribution is 2.26. The molecule has 0 bridgehead atoms. The van der Waals surface area contributed by atoms with Crippen LogP contribution in [0.2, 0.25) is 0 Å². The van der Waals surface area contributed by atoms with Crippen LogP contribution in [0.3, 0.4) is 0 Å². The second kappa shape index (κ2) is 8.01. The highest BCUT2D eigenvalue weighted by molar-refractivity contribution is 5.76. The number of phenolic OH excluding ortho intramolecular Hbond substituents is 1. The van der Waals surface area contributed by atoms with Crippen LogP contribution in [-0.2, 0) is 24.2 Å². The zero-order valence-electron chi connectivity index (χ0n) is 15.6. The molecule has 27 heavy (non-hydrogen) atoms. The number of benzene rings is 2. The first kappa shape index (κ1) is 17.9. The molecule has 4 rings (SSSR count). The average Bonchev–Trinajstić information content (AvgIpc) is 3.15. The Labute approximate surface area is 160 Å². The van der Waals surface area contributed by atoms with Crippen LogP contribution in [0, 0.1) is 0 Å². The minimum Gasteiger partial charge on any atom is -0.508 e.